The molecule has 1 atom stereocenters. The minimum atomic E-state index is -0.462. The molecule has 20 heavy (non-hydrogen) atoms. The van der Waals surface area contributed by atoms with Gasteiger partial charge < -0.3 is 10.1 Å². The van der Waals surface area contributed by atoms with Crippen LogP contribution in [-0.2, 0) is 4.79 Å². The van der Waals surface area contributed by atoms with Crippen LogP contribution in [0, 0.1) is 6.92 Å². The van der Waals surface area contributed by atoms with Gasteiger partial charge in [0.15, 0.2) is 6.10 Å². The summed E-state index contributed by atoms with van der Waals surface area (Å²) in [5.41, 5.74) is 2.52. The van der Waals surface area contributed by atoms with Crippen molar-refractivity contribution in [3.8, 4) is 5.75 Å². The molecule has 3 nitrogen and oxygen atoms in total. The molecule has 0 saturated heterocycles. The van der Waals surface area contributed by atoms with Crippen LogP contribution < -0.4 is 10.1 Å². The second-order valence-electron chi connectivity index (χ2n) is 5.58. The first kappa shape index (κ1) is 16.5. The topological polar surface area (TPSA) is 38.3 Å². The first-order chi connectivity index (χ1) is 9.45. The van der Waals surface area contributed by atoms with E-state index in [2.05, 4.69) is 39.1 Å². The van der Waals surface area contributed by atoms with Crippen LogP contribution >= 0.6 is 0 Å². The molecule has 1 N–H and O–H groups in total. The Morgan fingerprint density at radius 1 is 1.30 bits per heavy atom. The molecule has 1 aromatic carbocycles. The van der Waals surface area contributed by atoms with Crippen molar-refractivity contribution in [3.05, 3.63) is 29.3 Å². The number of nitrogens with one attached hydrogen (secondary N) is 1. The van der Waals surface area contributed by atoms with Gasteiger partial charge in [0.2, 0.25) is 0 Å². The van der Waals surface area contributed by atoms with Crippen molar-refractivity contribution in [2.24, 2.45) is 0 Å². The van der Waals surface area contributed by atoms with E-state index in [1.807, 2.05) is 12.1 Å². The van der Waals surface area contributed by atoms with E-state index in [1.165, 1.54) is 11.1 Å². The lowest BCUT2D eigenvalue weighted by atomic mass is 9.98. The second-order valence-corrected chi connectivity index (χ2v) is 5.58. The molecule has 1 aromatic rings. The zero-order valence-electron chi connectivity index (χ0n) is 13.3. The Balaban J connectivity index is 2.59. The SMILES string of the molecule is CCCCNC(=O)C(C)Oc1ccc(C(C)C)c(C)c1. The van der Waals surface area contributed by atoms with E-state index in [9.17, 15) is 4.79 Å². The van der Waals surface area contributed by atoms with Crippen LogP contribution in [0.15, 0.2) is 18.2 Å². The van der Waals surface area contributed by atoms with E-state index in [0.717, 1.165) is 18.6 Å². The van der Waals surface area contributed by atoms with Crippen LogP contribution in [0.5, 0.6) is 5.75 Å². The number of ether oxygens (including phenoxy) is 1. The lowest BCUT2D eigenvalue weighted by molar-refractivity contribution is -0.127. The van der Waals surface area contributed by atoms with E-state index in [4.69, 9.17) is 4.74 Å². The predicted molar refractivity (Wildman–Crippen MR) is 83.3 cm³/mol. The largest absolute Gasteiger partial charge is 0.481 e. The Hall–Kier alpha value is -1.51. The molecule has 1 rings (SSSR count). The summed E-state index contributed by atoms with van der Waals surface area (Å²) in [6.07, 6.45) is 1.61. The standard InChI is InChI=1S/C17H27NO2/c1-6-7-10-18-17(19)14(5)20-15-8-9-16(12(2)3)13(4)11-15/h8-9,11-12,14H,6-7,10H2,1-5H3,(H,18,19). The maximum Gasteiger partial charge on any atom is 0.260 e. The van der Waals surface area contributed by atoms with Gasteiger partial charge in [-0.1, -0.05) is 33.3 Å². The predicted octanol–water partition coefficient (Wildman–Crippen LogP) is 3.80. The highest BCUT2D eigenvalue weighted by molar-refractivity contribution is 5.80. The summed E-state index contributed by atoms with van der Waals surface area (Å²) in [4.78, 5) is 11.8. The Kier molecular flexibility index (Phi) is 6.56. The molecule has 0 fully saturated rings. The van der Waals surface area contributed by atoms with Crippen molar-refractivity contribution in [3.63, 3.8) is 0 Å². The molecular formula is C17H27NO2. The van der Waals surface area contributed by atoms with E-state index in [0.29, 0.717) is 12.5 Å². The maximum absolute atomic E-state index is 11.8. The number of carbonyl (C=O) groups is 1. The van der Waals surface area contributed by atoms with Crippen molar-refractivity contribution in [2.45, 2.75) is 59.5 Å². The van der Waals surface area contributed by atoms with Crippen molar-refractivity contribution in [1.82, 2.24) is 5.32 Å². The molecule has 0 aliphatic carbocycles. The Labute approximate surface area is 122 Å². The second kappa shape index (κ2) is 7.93. The van der Waals surface area contributed by atoms with Crippen LogP contribution in [0.3, 0.4) is 0 Å². The number of hydrogen-bond acceptors (Lipinski definition) is 2. The normalized spacial score (nSPS) is 12.3. The lowest BCUT2D eigenvalue weighted by Gasteiger charge is -2.16. The van der Waals surface area contributed by atoms with E-state index >= 15 is 0 Å². The first-order valence-electron chi connectivity index (χ1n) is 7.50. The summed E-state index contributed by atoms with van der Waals surface area (Å²) in [5.74, 6) is 1.20. The highest BCUT2D eigenvalue weighted by Gasteiger charge is 2.14. The third-order valence-electron chi connectivity index (χ3n) is 3.37. The van der Waals surface area contributed by atoms with E-state index in [1.54, 1.807) is 6.92 Å². The van der Waals surface area contributed by atoms with Gasteiger partial charge in [-0.2, -0.15) is 0 Å². The number of benzene rings is 1. The number of amides is 1. The fraction of sp³-hybridized carbons (Fsp3) is 0.588. The molecule has 1 unspecified atom stereocenters. The van der Waals surface area contributed by atoms with Crippen molar-refractivity contribution < 1.29 is 9.53 Å². The summed E-state index contributed by atoms with van der Waals surface area (Å²) < 4.78 is 5.71. The van der Waals surface area contributed by atoms with Crippen LogP contribution in [0.4, 0.5) is 0 Å². The summed E-state index contributed by atoms with van der Waals surface area (Å²) in [7, 11) is 0. The molecule has 0 radical (unpaired) electrons. The molecule has 112 valence electrons. The summed E-state index contributed by atoms with van der Waals surface area (Å²) in [6.45, 7) is 11.0. The fourth-order valence-corrected chi connectivity index (χ4v) is 2.16. The van der Waals surface area contributed by atoms with Crippen molar-refractivity contribution >= 4 is 5.91 Å². The Morgan fingerprint density at radius 3 is 2.55 bits per heavy atom. The summed E-state index contributed by atoms with van der Waals surface area (Å²) >= 11 is 0. The third-order valence-corrected chi connectivity index (χ3v) is 3.37. The lowest BCUT2D eigenvalue weighted by Crippen LogP contribution is -2.36. The van der Waals surface area contributed by atoms with Gasteiger partial charge >= 0.3 is 0 Å². The molecule has 3 heteroatoms. The van der Waals surface area contributed by atoms with Crippen LogP contribution in [0.2, 0.25) is 0 Å². The number of aryl methyl sites for hydroxylation is 1. The average molecular weight is 277 g/mol. The highest BCUT2D eigenvalue weighted by Crippen LogP contribution is 2.24. The smallest absolute Gasteiger partial charge is 0.260 e. The van der Waals surface area contributed by atoms with Gasteiger partial charge in [-0.15, -0.1) is 0 Å². The Bertz CT molecular complexity index is 441. The van der Waals surface area contributed by atoms with Gasteiger partial charge in [0.1, 0.15) is 5.75 Å². The van der Waals surface area contributed by atoms with Crippen molar-refractivity contribution in [1.29, 1.82) is 0 Å². The minimum Gasteiger partial charge on any atom is -0.481 e. The molecule has 0 spiro atoms. The molecule has 0 aromatic heterocycles. The molecule has 1 amide bonds. The number of hydrogen-bond donors (Lipinski definition) is 1. The summed E-state index contributed by atoms with van der Waals surface area (Å²) in [5, 5.41) is 2.88. The molecule has 0 bridgehead atoms. The first-order valence-corrected chi connectivity index (χ1v) is 7.50. The quantitative estimate of drug-likeness (QED) is 0.770. The van der Waals surface area contributed by atoms with Gasteiger partial charge in [-0.25, -0.2) is 0 Å². The molecule has 0 saturated carbocycles. The zero-order chi connectivity index (χ0) is 15.1. The van der Waals surface area contributed by atoms with Gasteiger partial charge in [0.05, 0.1) is 0 Å². The number of unbranched alkanes of at least 4 members (excludes halogenated alkanes) is 1. The van der Waals surface area contributed by atoms with Gasteiger partial charge in [0.25, 0.3) is 5.91 Å². The molecule has 0 heterocycles. The summed E-state index contributed by atoms with van der Waals surface area (Å²) in [6, 6.07) is 6.03. The van der Waals surface area contributed by atoms with Gasteiger partial charge in [0, 0.05) is 6.54 Å². The zero-order valence-corrected chi connectivity index (χ0v) is 13.3. The average Bonchev–Trinajstić information content (AvgIpc) is 2.38. The van der Waals surface area contributed by atoms with E-state index in [-0.39, 0.29) is 5.91 Å². The highest BCUT2D eigenvalue weighted by atomic mass is 16.5. The third kappa shape index (κ3) is 4.87. The van der Waals surface area contributed by atoms with Gasteiger partial charge in [-0.05, 0) is 49.4 Å². The van der Waals surface area contributed by atoms with Crippen molar-refractivity contribution in [2.75, 3.05) is 6.54 Å². The minimum absolute atomic E-state index is 0.0518. The van der Waals surface area contributed by atoms with Crippen LogP contribution in [0.25, 0.3) is 0 Å². The number of carbonyl (C=O) groups excluding carboxylic acids is 1. The molecular weight excluding hydrogens is 250 g/mol. The number of rotatable bonds is 7. The fourth-order valence-electron chi connectivity index (χ4n) is 2.16. The molecule has 0 aliphatic heterocycles. The maximum atomic E-state index is 11.8. The van der Waals surface area contributed by atoms with E-state index < -0.39 is 6.10 Å². The van der Waals surface area contributed by atoms with Gasteiger partial charge in [-0.3, -0.25) is 4.79 Å². The van der Waals surface area contributed by atoms with Crippen LogP contribution in [0.1, 0.15) is 57.6 Å². The monoisotopic (exact) mass is 277 g/mol. The van der Waals surface area contributed by atoms with Crippen LogP contribution in [-0.4, -0.2) is 18.6 Å². The molecule has 0 aliphatic rings. The Morgan fingerprint density at radius 2 is 2.00 bits per heavy atom.